The zero-order chi connectivity index (χ0) is 22.7. The summed E-state index contributed by atoms with van der Waals surface area (Å²) in [5.41, 5.74) is 3.92. The maximum absolute atomic E-state index is 13.2. The Kier molecular flexibility index (Phi) is 4.74. The summed E-state index contributed by atoms with van der Waals surface area (Å²) in [5.74, 6) is -0.0707. The monoisotopic (exact) mass is 473 g/mol. The Morgan fingerprint density at radius 1 is 1.06 bits per heavy atom. The molecule has 2 aromatic carbocycles. The number of nitrogens with zero attached hydrogens (tertiary/aromatic N) is 4. The van der Waals surface area contributed by atoms with Crippen molar-refractivity contribution in [3.8, 4) is 22.5 Å². The first kappa shape index (κ1) is 20.9. The van der Waals surface area contributed by atoms with Crippen molar-refractivity contribution in [2.45, 2.75) is 28.5 Å². The Balaban J connectivity index is 1.84. The molecule has 0 bridgehead atoms. The highest BCUT2D eigenvalue weighted by molar-refractivity contribution is 7.94. The summed E-state index contributed by atoms with van der Waals surface area (Å²) in [7, 11) is -8.46. The molecule has 0 saturated carbocycles. The lowest BCUT2D eigenvalue weighted by molar-refractivity contribution is 0.493. The third-order valence-electron chi connectivity index (χ3n) is 5.76. The molecule has 0 atom stereocenters. The molecule has 32 heavy (non-hydrogen) atoms. The summed E-state index contributed by atoms with van der Waals surface area (Å²) in [4.78, 5) is 3.53. The van der Waals surface area contributed by atoms with Gasteiger partial charge in [0.15, 0.2) is 9.84 Å². The van der Waals surface area contributed by atoms with Gasteiger partial charge in [-0.1, -0.05) is 18.2 Å². The van der Waals surface area contributed by atoms with E-state index in [9.17, 15) is 16.8 Å². The zero-order valence-electron chi connectivity index (χ0n) is 16.9. The number of aliphatic imine (C=N–C) groups is 1. The molecule has 0 spiro atoms. The minimum absolute atomic E-state index is 0.0119. The van der Waals surface area contributed by atoms with Crippen molar-refractivity contribution in [2.24, 2.45) is 10.1 Å². The molecule has 0 aliphatic carbocycles. The van der Waals surface area contributed by atoms with Crippen LogP contribution in [0.1, 0.15) is 18.1 Å². The summed E-state index contributed by atoms with van der Waals surface area (Å²) in [6, 6.07) is 8.47. The minimum atomic E-state index is -4.49. The van der Waals surface area contributed by atoms with Crippen molar-refractivity contribution < 1.29 is 16.8 Å². The van der Waals surface area contributed by atoms with Crippen LogP contribution in [0.2, 0.25) is 0 Å². The minimum Gasteiger partial charge on any atom is -0.314 e. The maximum Gasteiger partial charge on any atom is 0.240 e. The number of benzene rings is 2. The maximum atomic E-state index is 13.2. The lowest BCUT2D eigenvalue weighted by atomic mass is 9.95. The van der Waals surface area contributed by atoms with E-state index >= 15 is 0 Å². The molecule has 1 aromatic heterocycles. The molecule has 0 amide bonds. The van der Waals surface area contributed by atoms with Crippen LogP contribution in [0.4, 0.5) is 0 Å². The van der Waals surface area contributed by atoms with Crippen LogP contribution in [0.5, 0.6) is 0 Å². The number of H-pyrrole nitrogens is 1. The number of primary sulfonamides is 1. The van der Waals surface area contributed by atoms with E-state index in [4.69, 9.17) is 5.14 Å². The second-order valence-corrected chi connectivity index (χ2v) is 11.4. The Morgan fingerprint density at radius 2 is 1.84 bits per heavy atom. The number of hydrogen-bond acceptors (Lipinski definition) is 9. The molecule has 3 aromatic rings. The van der Waals surface area contributed by atoms with Crippen LogP contribution < -0.4 is 10.5 Å². The zero-order valence-corrected chi connectivity index (χ0v) is 18.5. The number of rotatable bonds is 5. The summed E-state index contributed by atoms with van der Waals surface area (Å²) in [6.45, 7) is 2.94. The Bertz CT molecular complexity index is 1480. The highest BCUT2D eigenvalue weighted by atomic mass is 32.2. The van der Waals surface area contributed by atoms with Gasteiger partial charge in [-0.3, -0.25) is 4.99 Å². The van der Waals surface area contributed by atoms with Gasteiger partial charge in [-0.25, -0.2) is 22.0 Å². The summed E-state index contributed by atoms with van der Waals surface area (Å²) < 4.78 is 51.9. The molecule has 3 heterocycles. The molecule has 11 nitrogen and oxygen atoms in total. The van der Waals surface area contributed by atoms with Crippen LogP contribution >= 0.6 is 0 Å². The number of fused-ring (bicyclic) bond motifs is 1. The number of sulfone groups is 1. The van der Waals surface area contributed by atoms with E-state index in [1.807, 2.05) is 25.1 Å². The standard InChI is InChI=1S/C19H19N7O4S2/c1-10-15-6-11(2-3-12(15)7-22-10)14-4-5-16(31(27,28)13-8-21-9-13)18(32(20,29)30)17(14)19-23-25-26-24-19/h2-6,13,21H,7-9H2,1H3,(H2,20,29,30)(H,23,24,25,26). The first-order valence-electron chi connectivity index (χ1n) is 9.71. The van der Waals surface area contributed by atoms with Crippen molar-refractivity contribution in [2.75, 3.05) is 13.1 Å². The predicted molar refractivity (Wildman–Crippen MR) is 116 cm³/mol. The Hall–Kier alpha value is -3.00. The van der Waals surface area contributed by atoms with Crippen LogP contribution in [-0.4, -0.2) is 61.5 Å². The topological polar surface area (TPSA) is 173 Å². The van der Waals surface area contributed by atoms with E-state index < -0.39 is 30.0 Å². The largest absolute Gasteiger partial charge is 0.314 e. The van der Waals surface area contributed by atoms with Gasteiger partial charge < -0.3 is 5.32 Å². The van der Waals surface area contributed by atoms with Crippen molar-refractivity contribution in [1.29, 1.82) is 0 Å². The molecule has 1 fully saturated rings. The Morgan fingerprint density at radius 3 is 2.47 bits per heavy atom. The average molecular weight is 474 g/mol. The fourth-order valence-corrected chi connectivity index (χ4v) is 7.15. The van der Waals surface area contributed by atoms with Gasteiger partial charge in [0.25, 0.3) is 0 Å². The molecule has 1 saturated heterocycles. The normalized spacial score (nSPS) is 16.5. The molecule has 0 unspecified atom stereocenters. The summed E-state index contributed by atoms with van der Waals surface area (Å²) >= 11 is 0. The van der Waals surface area contributed by atoms with E-state index in [0.717, 1.165) is 16.8 Å². The molecule has 0 radical (unpaired) electrons. The second kappa shape index (κ2) is 7.27. The molecule has 13 heteroatoms. The van der Waals surface area contributed by atoms with Crippen LogP contribution in [0.3, 0.4) is 0 Å². The number of hydrogen-bond donors (Lipinski definition) is 3. The summed E-state index contributed by atoms with van der Waals surface area (Å²) in [5, 5.41) is 21.4. The van der Waals surface area contributed by atoms with Gasteiger partial charge in [0, 0.05) is 24.4 Å². The second-order valence-electron chi connectivity index (χ2n) is 7.69. The highest BCUT2D eigenvalue weighted by Crippen LogP contribution is 2.40. The number of tetrazole rings is 1. The van der Waals surface area contributed by atoms with Gasteiger partial charge in [-0.2, -0.15) is 5.21 Å². The van der Waals surface area contributed by atoms with Gasteiger partial charge in [0.2, 0.25) is 15.8 Å². The fraction of sp³-hybridized carbons (Fsp3) is 0.263. The molecular weight excluding hydrogens is 454 g/mol. The van der Waals surface area contributed by atoms with Gasteiger partial charge in [-0.05, 0) is 41.0 Å². The van der Waals surface area contributed by atoms with Crippen LogP contribution in [0.25, 0.3) is 22.5 Å². The predicted octanol–water partition coefficient (Wildman–Crippen LogP) is 0.249. The van der Waals surface area contributed by atoms with Gasteiger partial charge in [-0.15, -0.1) is 10.2 Å². The number of aromatic nitrogens is 4. The molecule has 2 aliphatic heterocycles. The quantitative estimate of drug-likeness (QED) is 0.473. The summed E-state index contributed by atoms with van der Waals surface area (Å²) in [6.07, 6.45) is 0. The van der Waals surface area contributed by atoms with Gasteiger partial charge in [0.05, 0.1) is 22.3 Å². The third kappa shape index (κ3) is 3.24. The highest BCUT2D eigenvalue weighted by Gasteiger charge is 2.38. The number of aromatic amines is 1. The van der Waals surface area contributed by atoms with E-state index in [1.165, 1.54) is 6.07 Å². The smallest absolute Gasteiger partial charge is 0.240 e. The number of nitrogens with two attached hydrogens (primary N) is 1. The van der Waals surface area contributed by atoms with E-state index in [1.54, 1.807) is 6.07 Å². The van der Waals surface area contributed by atoms with Gasteiger partial charge >= 0.3 is 0 Å². The van der Waals surface area contributed by atoms with E-state index in [0.29, 0.717) is 17.7 Å². The van der Waals surface area contributed by atoms with Crippen molar-refractivity contribution in [1.82, 2.24) is 25.9 Å². The van der Waals surface area contributed by atoms with E-state index in [2.05, 4.69) is 30.9 Å². The SMILES string of the molecule is CC1=NCc2ccc(-c3ccc(S(=O)(=O)C4CNC4)c(S(N)(=O)=O)c3-c3nn[nH]n3)cc21. The first-order chi connectivity index (χ1) is 15.2. The van der Waals surface area contributed by atoms with Gasteiger partial charge in [0.1, 0.15) is 4.90 Å². The van der Waals surface area contributed by atoms with Crippen molar-refractivity contribution >= 4 is 25.6 Å². The Labute approximate surface area is 184 Å². The lowest BCUT2D eigenvalue weighted by Gasteiger charge is -2.28. The van der Waals surface area contributed by atoms with Crippen LogP contribution in [0.15, 0.2) is 45.1 Å². The van der Waals surface area contributed by atoms with Crippen LogP contribution in [-0.2, 0) is 26.4 Å². The lowest BCUT2D eigenvalue weighted by Crippen LogP contribution is -2.51. The average Bonchev–Trinajstić information content (AvgIpc) is 3.34. The number of sulfonamides is 1. The molecule has 5 rings (SSSR count). The van der Waals surface area contributed by atoms with Crippen LogP contribution in [0, 0.1) is 0 Å². The van der Waals surface area contributed by atoms with Crippen molar-refractivity contribution in [3.63, 3.8) is 0 Å². The third-order valence-corrected chi connectivity index (χ3v) is 9.05. The fourth-order valence-electron chi connectivity index (χ4n) is 3.97. The molecule has 2 aliphatic rings. The molecule has 4 N–H and O–H groups in total. The molecular formula is C19H19N7O4S2. The van der Waals surface area contributed by atoms with E-state index in [-0.39, 0.29) is 29.4 Å². The van der Waals surface area contributed by atoms with Crippen molar-refractivity contribution in [3.05, 3.63) is 41.5 Å². The molecule has 166 valence electrons. The number of nitrogens with one attached hydrogen (secondary N) is 2. The first-order valence-corrected chi connectivity index (χ1v) is 12.8.